The van der Waals surface area contributed by atoms with Gasteiger partial charge in [-0.3, -0.25) is 0 Å². The highest BCUT2D eigenvalue weighted by Crippen LogP contribution is 2.36. The molecule has 2 N–H and O–H groups in total. The van der Waals surface area contributed by atoms with Gasteiger partial charge in [-0.05, 0) is 42.4 Å². The molecule has 4 nitrogen and oxygen atoms in total. The van der Waals surface area contributed by atoms with Crippen molar-refractivity contribution in [3.63, 3.8) is 0 Å². The highest BCUT2D eigenvalue weighted by Gasteiger charge is 2.28. The minimum absolute atomic E-state index is 0.0587. The standard InChI is InChI=1S/C17H26N2O2/c1-17(10-3-4-11-17)13-19-16(20)18-12-9-14-5-7-15(21-2)8-6-14/h5-8H,3-4,9-13H2,1-2H3,(H2,18,19,20). The average Bonchev–Trinajstić information content (AvgIpc) is 2.93. The van der Waals surface area contributed by atoms with Gasteiger partial charge in [0.1, 0.15) is 5.75 Å². The summed E-state index contributed by atoms with van der Waals surface area (Å²) in [5.74, 6) is 0.856. The fraction of sp³-hybridized carbons (Fsp3) is 0.588. The van der Waals surface area contributed by atoms with Gasteiger partial charge < -0.3 is 15.4 Å². The van der Waals surface area contributed by atoms with Gasteiger partial charge in [-0.1, -0.05) is 31.9 Å². The summed E-state index contributed by atoms with van der Waals surface area (Å²) in [4.78, 5) is 11.8. The van der Waals surface area contributed by atoms with E-state index in [1.54, 1.807) is 7.11 Å². The number of rotatable bonds is 6. The smallest absolute Gasteiger partial charge is 0.314 e. The molecule has 0 unspecified atom stereocenters. The number of nitrogens with one attached hydrogen (secondary N) is 2. The van der Waals surface area contributed by atoms with E-state index < -0.39 is 0 Å². The number of urea groups is 1. The molecule has 0 aliphatic heterocycles. The number of amides is 2. The van der Waals surface area contributed by atoms with Gasteiger partial charge in [0.2, 0.25) is 0 Å². The predicted octanol–water partition coefficient (Wildman–Crippen LogP) is 3.12. The minimum Gasteiger partial charge on any atom is -0.497 e. The quantitative estimate of drug-likeness (QED) is 0.845. The maximum atomic E-state index is 11.8. The van der Waals surface area contributed by atoms with Crippen molar-refractivity contribution in [3.05, 3.63) is 29.8 Å². The van der Waals surface area contributed by atoms with Crippen molar-refractivity contribution in [1.82, 2.24) is 10.6 Å². The van der Waals surface area contributed by atoms with Crippen LogP contribution >= 0.6 is 0 Å². The molecule has 0 bridgehead atoms. The van der Waals surface area contributed by atoms with Crippen LogP contribution in [0, 0.1) is 5.41 Å². The Labute approximate surface area is 127 Å². The fourth-order valence-corrected chi connectivity index (χ4v) is 2.87. The van der Waals surface area contributed by atoms with Crippen molar-refractivity contribution in [2.24, 2.45) is 5.41 Å². The summed E-state index contributed by atoms with van der Waals surface area (Å²) in [5, 5.41) is 5.92. The lowest BCUT2D eigenvalue weighted by Crippen LogP contribution is -2.41. The number of carbonyl (C=O) groups is 1. The van der Waals surface area contributed by atoms with E-state index in [1.165, 1.54) is 31.2 Å². The van der Waals surface area contributed by atoms with Crippen LogP contribution in [0.3, 0.4) is 0 Å². The van der Waals surface area contributed by atoms with Crippen LogP contribution < -0.4 is 15.4 Å². The Morgan fingerprint density at radius 2 is 1.86 bits per heavy atom. The maximum Gasteiger partial charge on any atom is 0.314 e. The van der Waals surface area contributed by atoms with E-state index in [4.69, 9.17) is 4.74 Å². The summed E-state index contributed by atoms with van der Waals surface area (Å²) >= 11 is 0. The van der Waals surface area contributed by atoms with Gasteiger partial charge in [0.05, 0.1) is 7.11 Å². The normalized spacial score (nSPS) is 16.5. The molecule has 1 aliphatic carbocycles. The molecule has 0 saturated heterocycles. The molecule has 0 spiro atoms. The van der Waals surface area contributed by atoms with E-state index in [0.29, 0.717) is 12.0 Å². The Morgan fingerprint density at radius 1 is 1.19 bits per heavy atom. The Kier molecular flexibility index (Phi) is 5.48. The second-order valence-electron chi connectivity index (χ2n) is 6.23. The third kappa shape index (κ3) is 4.96. The Hall–Kier alpha value is -1.71. The minimum atomic E-state index is -0.0587. The zero-order chi connectivity index (χ0) is 15.1. The average molecular weight is 290 g/mol. The largest absolute Gasteiger partial charge is 0.497 e. The van der Waals surface area contributed by atoms with Crippen LogP contribution in [0.1, 0.15) is 38.2 Å². The van der Waals surface area contributed by atoms with Gasteiger partial charge in [0.25, 0.3) is 0 Å². The Morgan fingerprint density at radius 3 is 2.48 bits per heavy atom. The maximum absolute atomic E-state index is 11.8. The number of methoxy groups -OCH3 is 1. The molecular weight excluding hydrogens is 264 g/mol. The fourth-order valence-electron chi connectivity index (χ4n) is 2.87. The molecule has 0 radical (unpaired) electrons. The number of hydrogen-bond donors (Lipinski definition) is 2. The molecule has 4 heteroatoms. The molecule has 1 saturated carbocycles. The number of ether oxygens (including phenoxy) is 1. The molecule has 2 rings (SSSR count). The van der Waals surface area contributed by atoms with Crippen molar-refractivity contribution in [2.75, 3.05) is 20.2 Å². The Bertz CT molecular complexity index is 450. The second-order valence-corrected chi connectivity index (χ2v) is 6.23. The highest BCUT2D eigenvalue weighted by atomic mass is 16.5. The van der Waals surface area contributed by atoms with Crippen LogP contribution in [-0.4, -0.2) is 26.2 Å². The number of carbonyl (C=O) groups excluding carboxylic acids is 1. The number of hydrogen-bond acceptors (Lipinski definition) is 2. The van der Waals surface area contributed by atoms with Crippen LogP contribution in [0.4, 0.5) is 4.79 Å². The van der Waals surface area contributed by atoms with E-state index in [1.807, 2.05) is 24.3 Å². The van der Waals surface area contributed by atoms with Gasteiger partial charge in [0.15, 0.2) is 0 Å². The van der Waals surface area contributed by atoms with Crippen LogP contribution in [0.5, 0.6) is 5.75 Å². The summed E-state index contributed by atoms with van der Waals surface area (Å²) in [7, 11) is 1.66. The predicted molar refractivity (Wildman–Crippen MR) is 84.7 cm³/mol. The SMILES string of the molecule is COc1ccc(CCNC(=O)NCC2(C)CCCC2)cc1. The zero-order valence-corrected chi connectivity index (χ0v) is 13.1. The van der Waals surface area contributed by atoms with Crippen molar-refractivity contribution in [2.45, 2.75) is 39.0 Å². The summed E-state index contributed by atoms with van der Waals surface area (Å²) in [5.41, 5.74) is 1.49. The molecule has 1 fully saturated rings. The zero-order valence-electron chi connectivity index (χ0n) is 13.1. The van der Waals surface area contributed by atoms with Gasteiger partial charge in [-0.15, -0.1) is 0 Å². The van der Waals surface area contributed by atoms with Crippen LogP contribution in [0.15, 0.2) is 24.3 Å². The lowest BCUT2D eigenvalue weighted by atomic mass is 9.89. The second kappa shape index (κ2) is 7.34. The van der Waals surface area contributed by atoms with E-state index in [9.17, 15) is 4.79 Å². The van der Waals surface area contributed by atoms with Crippen molar-refractivity contribution < 1.29 is 9.53 Å². The topological polar surface area (TPSA) is 50.4 Å². The van der Waals surface area contributed by atoms with E-state index in [2.05, 4.69) is 17.6 Å². The van der Waals surface area contributed by atoms with Crippen molar-refractivity contribution in [1.29, 1.82) is 0 Å². The molecular formula is C17H26N2O2. The van der Waals surface area contributed by atoms with Gasteiger partial charge in [-0.2, -0.15) is 0 Å². The molecule has 1 aromatic rings. The Balaban J connectivity index is 1.64. The molecule has 21 heavy (non-hydrogen) atoms. The van der Waals surface area contributed by atoms with Crippen LogP contribution in [0.25, 0.3) is 0 Å². The molecule has 0 aromatic heterocycles. The summed E-state index contributed by atoms with van der Waals surface area (Å²) < 4.78 is 5.12. The summed E-state index contributed by atoms with van der Waals surface area (Å²) in [6.45, 7) is 3.69. The van der Waals surface area contributed by atoms with E-state index >= 15 is 0 Å². The van der Waals surface area contributed by atoms with Gasteiger partial charge in [-0.25, -0.2) is 4.79 Å². The van der Waals surface area contributed by atoms with E-state index in [-0.39, 0.29) is 6.03 Å². The molecule has 0 heterocycles. The lowest BCUT2D eigenvalue weighted by Gasteiger charge is -2.23. The number of benzene rings is 1. The van der Waals surface area contributed by atoms with Crippen molar-refractivity contribution in [3.8, 4) is 5.75 Å². The highest BCUT2D eigenvalue weighted by molar-refractivity contribution is 5.73. The third-order valence-corrected chi connectivity index (χ3v) is 4.34. The lowest BCUT2D eigenvalue weighted by molar-refractivity contribution is 0.232. The first-order valence-electron chi connectivity index (χ1n) is 7.76. The summed E-state index contributed by atoms with van der Waals surface area (Å²) in [6.07, 6.45) is 5.85. The summed E-state index contributed by atoms with van der Waals surface area (Å²) in [6, 6.07) is 7.87. The van der Waals surface area contributed by atoms with Crippen LogP contribution in [-0.2, 0) is 6.42 Å². The van der Waals surface area contributed by atoms with E-state index in [0.717, 1.165) is 18.7 Å². The third-order valence-electron chi connectivity index (χ3n) is 4.34. The van der Waals surface area contributed by atoms with Crippen LogP contribution in [0.2, 0.25) is 0 Å². The first-order valence-corrected chi connectivity index (χ1v) is 7.76. The molecule has 2 amide bonds. The van der Waals surface area contributed by atoms with Gasteiger partial charge in [0, 0.05) is 13.1 Å². The molecule has 1 aromatic carbocycles. The first-order chi connectivity index (χ1) is 10.1. The molecule has 116 valence electrons. The van der Waals surface area contributed by atoms with Gasteiger partial charge >= 0.3 is 6.03 Å². The monoisotopic (exact) mass is 290 g/mol. The van der Waals surface area contributed by atoms with Crippen molar-refractivity contribution >= 4 is 6.03 Å². The molecule has 1 aliphatic rings. The first kappa shape index (κ1) is 15.7. The molecule has 0 atom stereocenters.